The van der Waals surface area contributed by atoms with Crippen LogP contribution in [0.25, 0.3) is 5.71 Å². The van der Waals surface area contributed by atoms with Crippen molar-refractivity contribution >= 4 is 34.7 Å². The molecule has 0 N–H and O–H groups in total. The summed E-state index contributed by atoms with van der Waals surface area (Å²) in [5, 5.41) is 12.5. The zero-order valence-corrected chi connectivity index (χ0v) is 12.5. The Kier molecular flexibility index (Phi) is 3.64. The number of aromatic nitrogens is 2. The number of halogens is 2. The molecule has 0 aliphatic heterocycles. The SMILES string of the molecule is O=C(Cn1cc(Cl)ccc1=O)c1c([O-])oc2ccc(Cl)c[n+]12. The average molecular weight is 339 g/mol. The second kappa shape index (κ2) is 5.47. The van der Waals surface area contributed by atoms with E-state index in [0.29, 0.717) is 10.0 Å². The maximum Gasteiger partial charge on any atom is 0.279 e. The highest BCUT2D eigenvalue weighted by Crippen LogP contribution is 2.17. The number of carbonyl (C=O) groups excluding carboxylic acids is 1. The molecule has 112 valence electrons. The van der Waals surface area contributed by atoms with Gasteiger partial charge in [-0.05, 0) is 12.1 Å². The fraction of sp³-hybridized carbons (Fsp3) is 0.0714. The minimum Gasteiger partial charge on any atom is -0.540 e. The zero-order valence-electron chi connectivity index (χ0n) is 11.0. The number of rotatable bonds is 3. The number of ketones is 1. The maximum absolute atomic E-state index is 12.4. The summed E-state index contributed by atoms with van der Waals surface area (Å²) < 4.78 is 7.37. The highest BCUT2D eigenvalue weighted by molar-refractivity contribution is 6.30. The standard InChI is InChI=1S/C14H8Cl2N2O4/c15-8-1-3-11(20)17(5-8)7-10(19)13-14(21)22-12-4-2-9(16)6-18(12)13/h1-6H,7H2. The molecule has 0 radical (unpaired) electrons. The van der Waals surface area contributed by atoms with E-state index in [0.717, 1.165) is 4.57 Å². The summed E-state index contributed by atoms with van der Waals surface area (Å²) in [5.74, 6) is -1.37. The summed E-state index contributed by atoms with van der Waals surface area (Å²) in [5.41, 5.74) is -0.415. The molecule has 3 aromatic rings. The van der Waals surface area contributed by atoms with Crippen LogP contribution in [0.2, 0.25) is 10.0 Å². The van der Waals surface area contributed by atoms with Gasteiger partial charge in [0, 0.05) is 18.3 Å². The average Bonchev–Trinajstić information content (AvgIpc) is 2.78. The fourth-order valence-electron chi connectivity index (χ4n) is 2.06. The topological polar surface area (TPSA) is 79.4 Å². The van der Waals surface area contributed by atoms with E-state index in [2.05, 4.69) is 0 Å². The Hall–Kier alpha value is -2.31. The molecule has 3 heterocycles. The Morgan fingerprint density at radius 3 is 2.73 bits per heavy atom. The van der Waals surface area contributed by atoms with Crippen molar-refractivity contribution in [3.05, 3.63) is 62.8 Å². The second-order valence-corrected chi connectivity index (χ2v) is 5.40. The van der Waals surface area contributed by atoms with Crippen molar-refractivity contribution in [1.29, 1.82) is 0 Å². The fourth-order valence-corrected chi connectivity index (χ4v) is 2.41. The van der Waals surface area contributed by atoms with Crippen molar-refractivity contribution in [2.45, 2.75) is 6.54 Å². The first kappa shape index (κ1) is 14.6. The lowest BCUT2D eigenvalue weighted by Crippen LogP contribution is -2.32. The van der Waals surface area contributed by atoms with E-state index in [-0.39, 0.29) is 18.0 Å². The Labute approximate surface area is 133 Å². The molecule has 0 aliphatic rings. The maximum atomic E-state index is 12.4. The van der Waals surface area contributed by atoms with Gasteiger partial charge in [-0.25, -0.2) is 0 Å². The van der Waals surface area contributed by atoms with Gasteiger partial charge in [-0.3, -0.25) is 9.59 Å². The third-order valence-electron chi connectivity index (χ3n) is 3.03. The van der Waals surface area contributed by atoms with Crippen LogP contribution < -0.4 is 15.1 Å². The first-order valence-corrected chi connectivity index (χ1v) is 6.91. The van der Waals surface area contributed by atoms with E-state index in [9.17, 15) is 14.7 Å². The molecule has 0 fully saturated rings. The van der Waals surface area contributed by atoms with Gasteiger partial charge in [0.25, 0.3) is 17.0 Å². The summed E-state index contributed by atoms with van der Waals surface area (Å²) in [6.45, 7) is -0.331. The van der Waals surface area contributed by atoms with Crippen molar-refractivity contribution in [1.82, 2.24) is 4.57 Å². The van der Waals surface area contributed by atoms with Crippen molar-refractivity contribution in [3.8, 4) is 5.95 Å². The first-order valence-electron chi connectivity index (χ1n) is 6.15. The van der Waals surface area contributed by atoms with Crippen molar-refractivity contribution in [3.63, 3.8) is 0 Å². The van der Waals surface area contributed by atoms with Gasteiger partial charge in [0.15, 0.2) is 6.20 Å². The molecule has 0 aliphatic carbocycles. The molecule has 0 saturated carbocycles. The van der Waals surface area contributed by atoms with Gasteiger partial charge in [0.2, 0.25) is 5.78 Å². The van der Waals surface area contributed by atoms with Crippen LogP contribution in [-0.4, -0.2) is 10.4 Å². The van der Waals surface area contributed by atoms with Gasteiger partial charge in [-0.15, -0.1) is 4.40 Å². The summed E-state index contributed by atoms with van der Waals surface area (Å²) in [6.07, 6.45) is 2.72. The number of hydrogen-bond donors (Lipinski definition) is 0. The summed E-state index contributed by atoms with van der Waals surface area (Å²) in [7, 11) is 0. The Balaban J connectivity index is 2.06. The van der Waals surface area contributed by atoms with Crippen LogP contribution in [-0.2, 0) is 6.54 Å². The Morgan fingerprint density at radius 2 is 1.95 bits per heavy atom. The molecule has 0 saturated heterocycles. The third-order valence-corrected chi connectivity index (χ3v) is 3.48. The van der Waals surface area contributed by atoms with Crippen LogP contribution in [0.3, 0.4) is 0 Å². The molecule has 0 atom stereocenters. The highest BCUT2D eigenvalue weighted by Gasteiger charge is 2.24. The first-order chi connectivity index (χ1) is 10.5. The van der Waals surface area contributed by atoms with Crippen LogP contribution in [0.5, 0.6) is 5.95 Å². The second-order valence-electron chi connectivity index (χ2n) is 4.53. The van der Waals surface area contributed by atoms with E-state index >= 15 is 0 Å². The molecular weight excluding hydrogens is 331 g/mol. The van der Waals surface area contributed by atoms with Crippen molar-refractivity contribution < 1.29 is 18.7 Å². The quantitative estimate of drug-likeness (QED) is 0.534. The molecule has 0 bridgehead atoms. The van der Waals surface area contributed by atoms with Gasteiger partial charge in [0.1, 0.15) is 11.0 Å². The lowest BCUT2D eigenvalue weighted by atomic mass is 10.3. The normalized spacial score (nSPS) is 11.0. The van der Waals surface area contributed by atoms with Crippen LogP contribution in [0, 0.1) is 0 Å². The number of Topliss-reactive ketones (excluding diaryl/α,β-unsaturated/α-hetero) is 1. The number of fused-ring (bicyclic) bond motifs is 1. The lowest BCUT2D eigenvalue weighted by molar-refractivity contribution is -0.518. The molecule has 0 unspecified atom stereocenters. The molecule has 6 nitrogen and oxygen atoms in total. The summed E-state index contributed by atoms with van der Waals surface area (Å²) >= 11 is 11.7. The predicted molar refractivity (Wildman–Crippen MR) is 76.4 cm³/mol. The van der Waals surface area contributed by atoms with Gasteiger partial charge in [-0.2, -0.15) is 0 Å². The van der Waals surface area contributed by atoms with E-state index in [1.165, 1.54) is 41.1 Å². The Morgan fingerprint density at radius 1 is 1.23 bits per heavy atom. The number of oxazole rings is 1. The van der Waals surface area contributed by atoms with Gasteiger partial charge < -0.3 is 14.1 Å². The Bertz CT molecular complexity index is 946. The number of carbonyl (C=O) groups is 1. The van der Waals surface area contributed by atoms with E-state index < -0.39 is 17.3 Å². The molecule has 0 spiro atoms. The van der Waals surface area contributed by atoms with Crippen LogP contribution in [0.1, 0.15) is 10.5 Å². The van der Waals surface area contributed by atoms with E-state index in [4.69, 9.17) is 27.6 Å². The number of nitrogens with zero attached hydrogens (tertiary/aromatic N) is 2. The van der Waals surface area contributed by atoms with Crippen LogP contribution in [0.15, 0.2) is 45.9 Å². The lowest BCUT2D eigenvalue weighted by Gasteiger charge is -2.03. The summed E-state index contributed by atoms with van der Waals surface area (Å²) in [6, 6.07) is 5.68. The number of pyridine rings is 2. The van der Waals surface area contributed by atoms with E-state index in [1.807, 2.05) is 0 Å². The molecule has 3 aromatic heterocycles. The van der Waals surface area contributed by atoms with Crippen LogP contribution >= 0.6 is 23.2 Å². The summed E-state index contributed by atoms with van der Waals surface area (Å²) in [4.78, 5) is 24.1. The highest BCUT2D eigenvalue weighted by atomic mass is 35.5. The van der Waals surface area contributed by atoms with Crippen molar-refractivity contribution in [2.24, 2.45) is 0 Å². The molecule has 3 rings (SSSR count). The monoisotopic (exact) mass is 338 g/mol. The number of hydrogen-bond acceptors (Lipinski definition) is 4. The molecular formula is C14H8Cl2N2O4. The molecule has 0 amide bonds. The van der Waals surface area contributed by atoms with Crippen molar-refractivity contribution in [2.75, 3.05) is 0 Å². The predicted octanol–water partition coefficient (Wildman–Crippen LogP) is 1.44. The molecule has 22 heavy (non-hydrogen) atoms. The van der Waals surface area contributed by atoms with E-state index in [1.54, 1.807) is 0 Å². The molecule has 8 heteroatoms. The largest absolute Gasteiger partial charge is 0.540 e. The zero-order chi connectivity index (χ0) is 15.9. The minimum atomic E-state index is -0.789. The van der Waals surface area contributed by atoms with Gasteiger partial charge in [-0.1, -0.05) is 23.2 Å². The molecule has 0 aromatic carbocycles. The van der Waals surface area contributed by atoms with Gasteiger partial charge in [0.05, 0.1) is 11.6 Å². The third kappa shape index (κ3) is 2.58. The van der Waals surface area contributed by atoms with Gasteiger partial charge >= 0.3 is 0 Å². The van der Waals surface area contributed by atoms with Crippen LogP contribution in [0.4, 0.5) is 0 Å². The smallest absolute Gasteiger partial charge is 0.279 e. The minimum absolute atomic E-state index is 0.191.